The number of nitrogen functional groups attached to an aromatic ring is 2. The minimum absolute atomic E-state index is 0.00129. The number of hydrogen-bond acceptors (Lipinski definition) is 15. The Hall–Kier alpha value is -11.5. The Balaban J connectivity index is 0.000000163. The number of ketones is 1. The molecule has 149 heavy (non-hydrogen) atoms. The largest absolute Gasteiger partial charge is 0.449 e. The molecule has 7 N–H and O–H groups in total. The first-order valence-electron chi connectivity index (χ1n) is 48.7. The maximum absolute atomic E-state index is 14.6. The molecule has 11 aromatic rings. The van der Waals surface area contributed by atoms with Crippen LogP contribution in [0.4, 0.5) is 113 Å². The highest BCUT2D eigenvalue weighted by atomic mass is 32.2. The number of nitrogens with two attached hydrogens (primary N) is 2. The lowest BCUT2D eigenvalue weighted by atomic mass is 9.83. The van der Waals surface area contributed by atoms with Crippen molar-refractivity contribution in [3.8, 4) is 17.1 Å². The number of allylic oxidation sites excluding steroid dienone is 3. The number of anilines is 5. The third kappa shape index (κ3) is 33.0. The van der Waals surface area contributed by atoms with Crippen LogP contribution in [0.5, 0.6) is 0 Å². The molecule has 16 nitrogen and oxygen atoms in total. The Morgan fingerprint density at radius 2 is 0.718 bits per heavy atom. The molecule has 8 aromatic carbocycles. The molecule has 0 bridgehead atoms. The predicted molar refractivity (Wildman–Crippen MR) is 569 cm³/mol. The van der Waals surface area contributed by atoms with E-state index in [2.05, 4.69) is 10.6 Å². The molecule has 0 unspecified atom stereocenters. The molecule has 9 heterocycles. The number of carbonyl (C=O) groups is 4. The molecule has 7 aliphatic rings. The number of ether oxygens (including phenoxy) is 3. The van der Waals surface area contributed by atoms with Crippen molar-refractivity contribution in [3.63, 3.8) is 0 Å². The van der Waals surface area contributed by atoms with Gasteiger partial charge >= 0.3 is 18.3 Å². The fourth-order valence-corrected chi connectivity index (χ4v) is 22.7. The zero-order chi connectivity index (χ0) is 108. The number of aliphatic hydroxyl groups is 1. The number of hydrogen-bond donors (Lipinski definition) is 5. The first kappa shape index (κ1) is 118. The summed E-state index contributed by atoms with van der Waals surface area (Å²) in [4.78, 5) is 47.3. The normalized spacial score (nSPS) is 16.0. The first-order chi connectivity index (χ1) is 70.8. The maximum atomic E-state index is 14.6. The van der Waals surface area contributed by atoms with Gasteiger partial charge in [0.1, 0.15) is 93.1 Å². The van der Waals surface area contributed by atoms with Crippen LogP contribution in [-0.4, -0.2) is 126 Å². The fourth-order valence-electron chi connectivity index (χ4n) is 17.9. The molecule has 37 heteroatoms. The molecule has 3 amide bonds. The van der Waals surface area contributed by atoms with E-state index in [9.17, 15) is 94.5 Å². The monoisotopic (exact) mass is 2170 g/mol. The zero-order valence-corrected chi connectivity index (χ0v) is 88.6. The molecule has 18 rings (SSSR count). The highest BCUT2D eigenvalue weighted by Crippen LogP contribution is 2.44. The molecule has 3 saturated heterocycles. The summed E-state index contributed by atoms with van der Waals surface area (Å²) in [7, 11) is 0. The van der Waals surface area contributed by atoms with Crippen molar-refractivity contribution in [1.82, 2.24) is 13.7 Å². The maximum Gasteiger partial charge on any atom is 0.415 e. The Labute approximate surface area is 879 Å². The second kappa shape index (κ2) is 55.5. The van der Waals surface area contributed by atoms with E-state index in [1.54, 1.807) is 63.4 Å². The van der Waals surface area contributed by atoms with E-state index < -0.39 is 123 Å². The smallest absolute Gasteiger partial charge is 0.415 e. The third-order valence-electron chi connectivity index (χ3n) is 25.1. The van der Waals surface area contributed by atoms with Gasteiger partial charge in [-0.2, -0.15) is 58.8 Å². The number of benzene rings is 8. The van der Waals surface area contributed by atoms with Crippen molar-refractivity contribution >= 4 is 128 Å². The molecule has 1 atom stereocenters. The van der Waals surface area contributed by atoms with Gasteiger partial charge in [0.2, 0.25) is 0 Å². The van der Waals surface area contributed by atoms with Gasteiger partial charge in [-0.1, -0.05) is 65.2 Å². The summed E-state index contributed by atoms with van der Waals surface area (Å²) >= 11 is 8.78. The van der Waals surface area contributed by atoms with Crippen molar-refractivity contribution in [1.29, 1.82) is 0 Å². The number of aromatic nitrogens is 3. The number of carbonyl (C=O) groups excluding carboxylic acids is 4. The number of amides is 3. The van der Waals surface area contributed by atoms with Gasteiger partial charge in [0.15, 0.2) is 11.9 Å². The number of thioether (sulfide) groups is 5. The molecular formula is C112H122F16N8O8S5. The van der Waals surface area contributed by atoms with Gasteiger partial charge in [-0.25, -0.2) is 84.6 Å². The molecule has 6 aliphatic heterocycles. The summed E-state index contributed by atoms with van der Waals surface area (Å²) in [5.41, 5.74) is 19.2. The van der Waals surface area contributed by atoms with Gasteiger partial charge in [0.05, 0.1) is 53.7 Å². The predicted octanol–water partition coefficient (Wildman–Crippen LogP) is 30.4. The number of nitrogens with zero attached hydrogens (tertiary/aromatic N) is 4. The highest BCUT2D eigenvalue weighted by molar-refractivity contribution is 8.00. The SMILES string of the molecule is CC(=O)[C@H]1CN(c2cc(F)c(C3CCCCC3)c(F)c2)C(=O)O1.CC(C)COC(=O)Nc1cc(F)c(C2=CCSCC2)c(F)c1.CC(C)COC(=O)Nc1cc(F)c(C2CCSCC2)c(F)c1.Cc1ccc(C)n1-c1cc(F)c(C2(O)CCSCC2)c(F)c1.Cc1ccc(C)n1-c1cc(F)c(C2=CCSCC2)c(F)c1.Cc1ccc(C)n1-c1cc(F)cc(F)c1.Nc1cc(F)c(C2=CCSCC2)c(F)c1.Nc1cc(F)cc(F)c1. The highest BCUT2D eigenvalue weighted by Gasteiger charge is 2.39. The van der Waals surface area contributed by atoms with Gasteiger partial charge in [-0.05, 0) is 320 Å². The summed E-state index contributed by atoms with van der Waals surface area (Å²) in [6, 6.07) is 32.7. The van der Waals surface area contributed by atoms with Crippen LogP contribution in [0.3, 0.4) is 0 Å². The van der Waals surface area contributed by atoms with Gasteiger partial charge in [0, 0.05) is 114 Å². The number of rotatable bonds is 17. The van der Waals surface area contributed by atoms with E-state index in [4.69, 9.17) is 25.7 Å². The van der Waals surface area contributed by atoms with Crippen molar-refractivity contribution in [2.75, 3.05) is 104 Å². The quantitative estimate of drug-likeness (QED) is 0.0326. The Bertz CT molecular complexity index is 6360. The lowest BCUT2D eigenvalue weighted by Crippen LogP contribution is -2.33. The van der Waals surface area contributed by atoms with Gasteiger partial charge in [-0.15, -0.1) is 0 Å². The van der Waals surface area contributed by atoms with Crippen LogP contribution in [0.1, 0.15) is 191 Å². The summed E-state index contributed by atoms with van der Waals surface area (Å²) in [6.45, 7) is 20.9. The minimum atomic E-state index is -1.39. The van der Waals surface area contributed by atoms with Gasteiger partial charge in [-0.3, -0.25) is 20.3 Å². The number of aryl methyl sites for hydroxylation is 6. The Kier molecular flexibility index (Phi) is 43.9. The first-order valence-corrected chi connectivity index (χ1v) is 54.5. The van der Waals surface area contributed by atoms with E-state index in [0.29, 0.717) is 59.8 Å². The standard InChI is InChI=1S/C17H19F2NO3.C17H19F2NOS.C17H17F2NS.C16H21F2NO2S.C16H19F2NO2S.C12H11F2N.C11H11F2NS.C6H5F2N/c1-10(21)15-9-20(17(22)23-15)12-7-13(18)16(14(19)8-12)11-5-3-2-4-6-11;1-11-3-4-12(2)20(11)13-9-14(18)16(15(19)10-13)17(21)5-7-22-8-6-17;1-11-3-4-12(2)20(11)14-9-15(18)17(16(19)10-14)13-5-7-21-8-6-13;2*1-10(2)9-21-16(20)19-12-7-13(17)15(14(18)8-12)11-3-5-22-6-4-11;1-8-3-4-9(2)15(8)12-6-10(13)5-11(14)7-12;12-9-5-8(14)6-10(13)11(9)7-1-3-15-4-2-7;7-4-1-5(8)3-6(9)2-4/h7-8,11,15H,2-6,9H2,1H3;3-4,9-10,21H,5-8H2,1-2H3;3-5,9-10H,6-8H2,1-2H3;7-8,10-11H,3-6,9H2,1-2H3,(H,19,20);3,7-8,10H,4-6,9H2,1-2H3,(H,19,20);3-7H,1-2H3;1,5-6H,2-4,14H2;1-3H,9H2/t15-;;;;;;;/m1......./s1. The van der Waals surface area contributed by atoms with E-state index in [1.165, 1.54) is 55.5 Å². The molecular weight excluding hydrogens is 2050 g/mol. The second-order valence-corrected chi connectivity index (χ2v) is 43.4. The van der Waals surface area contributed by atoms with Crippen LogP contribution in [0, 0.1) is 146 Å². The molecule has 1 aliphatic carbocycles. The molecule has 0 spiro atoms. The van der Waals surface area contributed by atoms with Crippen LogP contribution >= 0.6 is 58.8 Å². The molecule has 1 saturated carbocycles. The zero-order valence-electron chi connectivity index (χ0n) is 84.5. The molecule has 3 aromatic heterocycles. The fraction of sp³-hybridized carbons (Fsp3) is 0.375. The summed E-state index contributed by atoms with van der Waals surface area (Å²) < 4.78 is 241. The molecule has 800 valence electrons. The average Bonchev–Trinajstić information content (AvgIpc) is 1.28. The van der Waals surface area contributed by atoms with Crippen LogP contribution < -0.4 is 27.0 Å². The summed E-state index contributed by atoms with van der Waals surface area (Å²) in [5, 5.41) is 15.3. The minimum Gasteiger partial charge on any atom is -0.449 e. The van der Waals surface area contributed by atoms with Crippen molar-refractivity contribution in [2.45, 2.75) is 177 Å². The number of cyclic esters (lactones) is 1. The van der Waals surface area contributed by atoms with Crippen molar-refractivity contribution in [3.05, 3.63) is 324 Å². The third-order valence-corrected chi connectivity index (χ3v) is 29.8. The Morgan fingerprint density at radius 3 is 1.07 bits per heavy atom. The second-order valence-electron chi connectivity index (χ2n) is 37.5. The van der Waals surface area contributed by atoms with E-state index in [-0.39, 0.29) is 111 Å². The van der Waals surface area contributed by atoms with Crippen LogP contribution in [0.2, 0.25) is 0 Å². The average molecular weight is 2170 g/mol. The van der Waals surface area contributed by atoms with Crippen molar-refractivity contribution < 1.29 is 109 Å². The van der Waals surface area contributed by atoms with Gasteiger partial charge < -0.3 is 44.5 Å². The van der Waals surface area contributed by atoms with E-state index in [1.807, 2.05) is 133 Å². The van der Waals surface area contributed by atoms with Gasteiger partial charge in [0.25, 0.3) is 0 Å². The molecule has 4 fully saturated rings. The Morgan fingerprint density at radius 1 is 0.403 bits per heavy atom. The van der Waals surface area contributed by atoms with Crippen LogP contribution in [0.25, 0.3) is 33.8 Å². The van der Waals surface area contributed by atoms with E-state index in [0.717, 1.165) is 208 Å². The number of halogens is 16. The molecule has 0 radical (unpaired) electrons. The summed E-state index contributed by atoms with van der Waals surface area (Å²) in [5.74, 6) is -1.36. The van der Waals surface area contributed by atoms with Crippen LogP contribution in [-0.2, 0) is 24.6 Å². The van der Waals surface area contributed by atoms with Crippen LogP contribution in [0.15, 0.2) is 164 Å². The van der Waals surface area contributed by atoms with E-state index >= 15 is 0 Å². The lowest BCUT2D eigenvalue weighted by Gasteiger charge is -2.33. The van der Waals surface area contributed by atoms with Crippen molar-refractivity contribution in [2.24, 2.45) is 11.8 Å². The number of Topliss-reactive ketones (excluding diaryl/α,β-unsaturated/α-hetero) is 1. The number of nitrogens with one attached hydrogen (secondary N) is 2. The summed E-state index contributed by atoms with van der Waals surface area (Å²) in [6.07, 6.45) is 11.6. The lowest BCUT2D eigenvalue weighted by molar-refractivity contribution is -0.123. The topological polar surface area (TPSA) is 210 Å².